The highest BCUT2D eigenvalue weighted by Gasteiger charge is 2.17. The minimum absolute atomic E-state index is 0.149. The maximum absolute atomic E-state index is 11.4. The van der Waals surface area contributed by atoms with Crippen LogP contribution in [0.2, 0.25) is 5.15 Å². The summed E-state index contributed by atoms with van der Waals surface area (Å²) in [6.45, 7) is 0. The molecule has 21 heavy (non-hydrogen) atoms. The molecule has 0 saturated carbocycles. The normalized spacial score (nSPS) is 11.3. The minimum atomic E-state index is -3.27. The van der Waals surface area contributed by atoms with E-state index in [-0.39, 0.29) is 20.8 Å². The summed E-state index contributed by atoms with van der Waals surface area (Å²) in [5.41, 5.74) is -0.156. The molecule has 0 unspecified atom stereocenters. The van der Waals surface area contributed by atoms with Crippen LogP contribution in [0.25, 0.3) is 0 Å². The van der Waals surface area contributed by atoms with E-state index in [9.17, 15) is 18.5 Å². The van der Waals surface area contributed by atoms with Gasteiger partial charge in [0.1, 0.15) is 5.15 Å². The maximum atomic E-state index is 11.4. The zero-order valence-corrected chi connectivity index (χ0v) is 13.1. The van der Waals surface area contributed by atoms with Crippen LogP contribution in [0.4, 0.5) is 5.69 Å². The number of rotatable bonds is 4. The first-order valence-corrected chi connectivity index (χ1v) is 8.65. The van der Waals surface area contributed by atoms with Crippen molar-refractivity contribution in [2.24, 2.45) is 0 Å². The maximum Gasteiger partial charge on any atom is 0.301 e. The minimum Gasteiger partial charge on any atom is -0.258 e. The molecule has 2 rings (SSSR count). The highest BCUT2D eigenvalue weighted by Crippen LogP contribution is 2.34. The van der Waals surface area contributed by atoms with Gasteiger partial charge in [0, 0.05) is 17.2 Å². The zero-order valence-electron chi connectivity index (χ0n) is 10.7. The number of hydrogen-bond donors (Lipinski definition) is 0. The molecule has 0 bridgehead atoms. The summed E-state index contributed by atoms with van der Waals surface area (Å²) < 4.78 is 22.7. The molecule has 0 atom stereocenters. The van der Waals surface area contributed by atoms with Crippen LogP contribution in [0.15, 0.2) is 51.2 Å². The van der Waals surface area contributed by atoms with Crippen molar-refractivity contribution in [1.82, 2.24) is 4.98 Å². The summed E-state index contributed by atoms with van der Waals surface area (Å²) in [7, 11) is -3.27. The molecular formula is C12H9ClN2O4S2. The van der Waals surface area contributed by atoms with Gasteiger partial charge in [-0.25, -0.2) is 13.4 Å². The molecule has 110 valence electrons. The van der Waals surface area contributed by atoms with Gasteiger partial charge < -0.3 is 0 Å². The fraction of sp³-hybridized carbons (Fsp3) is 0.0833. The van der Waals surface area contributed by atoms with Crippen LogP contribution in [-0.4, -0.2) is 24.6 Å². The largest absolute Gasteiger partial charge is 0.301 e. The first-order valence-electron chi connectivity index (χ1n) is 5.56. The van der Waals surface area contributed by atoms with Crippen LogP contribution in [0.5, 0.6) is 0 Å². The first-order chi connectivity index (χ1) is 9.77. The smallest absolute Gasteiger partial charge is 0.258 e. The fourth-order valence-corrected chi connectivity index (χ4v) is 3.21. The molecule has 1 heterocycles. The highest BCUT2D eigenvalue weighted by atomic mass is 35.5. The molecule has 0 fully saturated rings. The molecule has 0 N–H and O–H groups in total. The number of pyridine rings is 1. The van der Waals surface area contributed by atoms with Crippen LogP contribution in [0.1, 0.15) is 0 Å². The summed E-state index contributed by atoms with van der Waals surface area (Å²) in [5, 5.41) is 11.2. The number of aromatic nitrogens is 1. The average Bonchev–Trinajstić information content (AvgIpc) is 2.38. The lowest BCUT2D eigenvalue weighted by atomic mass is 10.4. The van der Waals surface area contributed by atoms with Crippen LogP contribution in [0, 0.1) is 10.1 Å². The lowest BCUT2D eigenvalue weighted by molar-refractivity contribution is -0.388. The van der Waals surface area contributed by atoms with Crippen molar-refractivity contribution in [3.8, 4) is 0 Å². The molecule has 0 aliphatic rings. The number of nitrogens with zero attached hydrogens (tertiary/aromatic N) is 2. The molecule has 1 aromatic heterocycles. The highest BCUT2D eigenvalue weighted by molar-refractivity contribution is 7.99. The van der Waals surface area contributed by atoms with Gasteiger partial charge in [0.25, 0.3) is 0 Å². The monoisotopic (exact) mass is 344 g/mol. The Kier molecular flexibility index (Phi) is 4.50. The van der Waals surface area contributed by atoms with E-state index in [1.54, 1.807) is 12.1 Å². The van der Waals surface area contributed by atoms with Crippen molar-refractivity contribution in [3.63, 3.8) is 0 Å². The predicted molar refractivity (Wildman–Crippen MR) is 79.6 cm³/mol. The number of nitro groups is 1. The molecule has 1 aromatic carbocycles. The second-order valence-corrected chi connectivity index (χ2v) is 7.53. The van der Waals surface area contributed by atoms with Crippen molar-refractivity contribution in [2.45, 2.75) is 14.8 Å². The molecule has 9 heteroatoms. The van der Waals surface area contributed by atoms with Gasteiger partial charge in [-0.1, -0.05) is 23.4 Å². The van der Waals surface area contributed by atoms with Gasteiger partial charge in [0.05, 0.1) is 9.82 Å². The third-order valence-corrected chi connectivity index (χ3v) is 4.81. The van der Waals surface area contributed by atoms with Crippen LogP contribution in [-0.2, 0) is 9.84 Å². The molecule has 0 spiro atoms. The Hall–Kier alpha value is -1.64. The molecular weight excluding hydrogens is 336 g/mol. The van der Waals surface area contributed by atoms with Crippen LogP contribution >= 0.6 is 23.4 Å². The molecule has 0 radical (unpaired) electrons. The number of hydrogen-bond acceptors (Lipinski definition) is 6. The Morgan fingerprint density at radius 3 is 2.33 bits per heavy atom. The summed E-state index contributed by atoms with van der Waals surface area (Å²) in [6.07, 6.45) is 1.11. The summed E-state index contributed by atoms with van der Waals surface area (Å²) in [6, 6.07) is 8.63. The quantitative estimate of drug-likeness (QED) is 0.480. The molecule has 0 aliphatic heterocycles. The van der Waals surface area contributed by atoms with Crippen molar-refractivity contribution in [2.75, 3.05) is 6.26 Å². The number of benzene rings is 1. The Bertz CT molecular complexity index is 791. The zero-order chi connectivity index (χ0) is 15.6. The van der Waals surface area contributed by atoms with Gasteiger partial charge in [-0.05, 0) is 30.3 Å². The first kappa shape index (κ1) is 15.7. The van der Waals surface area contributed by atoms with E-state index < -0.39 is 14.8 Å². The molecule has 6 nitrogen and oxygen atoms in total. The van der Waals surface area contributed by atoms with E-state index in [2.05, 4.69) is 4.98 Å². The van der Waals surface area contributed by atoms with Crippen molar-refractivity contribution in [1.29, 1.82) is 0 Å². The van der Waals surface area contributed by atoms with E-state index in [4.69, 9.17) is 11.6 Å². The Balaban J connectivity index is 2.34. The Labute approximate surface area is 130 Å². The summed E-state index contributed by atoms with van der Waals surface area (Å²) in [5.74, 6) is 0. The van der Waals surface area contributed by atoms with Gasteiger partial charge in [-0.2, -0.15) is 0 Å². The van der Waals surface area contributed by atoms with Crippen LogP contribution in [0.3, 0.4) is 0 Å². The SMILES string of the molecule is CS(=O)(=O)c1ccc(Sc2nc(Cl)ccc2[N+](=O)[O-])cc1. The number of halogens is 1. The van der Waals surface area contributed by atoms with E-state index in [0.29, 0.717) is 4.90 Å². The molecule has 0 amide bonds. The Morgan fingerprint density at radius 2 is 1.81 bits per heavy atom. The van der Waals surface area contributed by atoms with E-state index in [0.717, 1.165) is 18.0 Å². The Morgan fingerprint density at radius 1 is 1.19 bits per heavy atom. The van der Waals surface area contributed by atoms with Gasteiger partial charge in [-0.3, -0.25) is 10.1 Å². The topological polar surface area (TPSA) is 90.2 Å². The van der Waals surface area contributed by atoms with Crippen molar-refractivity contribution in [3.05, 3.63) is 51.7 Å². The van der Waals surface area contributed by atoms with Gasteiger partial charge >= 0.3 is 5.69 Å². The lowest BCUT2D eigenvalue weighted by Crippen LogP contribution is -1.96. The van der Waals surface area contributed by atoms with E-state index in [1.807, 2.05) is 0 Å². The van der Waals surface area contributed by atoms with Gasteiger partial charge in [0.15, 0.2) is 14.9 Å². The fourth-order valence-electron chi connectivity index (χ4n) is 1.49. The molecule has 0 saturated heterocycles. The summed E-state index contributed by atoms with van der Waals surface area (Å²) in [4.78, 5) is 15.1. The average molecular weight is 345 g/mol. The molecule has 2 aromatic rings. The third kappa shape index (κ3) is 3.93. The van der Waals surface area contributed by atoms with E-state index in [1.165, 1.54) is 24.3 Å². The lowest BCUT2D eigenvalue weighted by Gasteiger charge is -2.04. The van der Waals surface area contributed by atoms with Gasteiger partial charge in [0.2, 0.25) is 0 Å². The van der Waals surface area contributed by atoms with Crippen molar-refractivity contribution >= 4 is 38.9 Å². The van der Waals surface area contributed by atoms with E-state index >= 15 is 0 Å². The second kappa shape index (κ2) is 6.00. The second-order valence-electron chi connectivity index (χ2n) is 4.06. The number of sulfone groups is 1. The molecule has 0 aliphatic carbocycles. The summed E-state index contributed by atoms with van der Waals surface area (Å²) >= 11 is 6.79. The standard InChI is InChI=1S/C12H9ClN2O4S2/c1-21(18,19)9-4-2-8(3-5-9)20-12-10(15(16)17)6-7-11(13)14-12/h2-7H,1H3. The van der Waals surface area contributed by atoms with Gasteiger partial charge in [-0.15, -0.1) is 0 Å². The van der Waals surface area contributed by atoms with Crippen molar-refractivity contribution < 1.29 is 13.3 Å². The van der Waals surface area contributed by atoms with Crippen LogP contribution < -0.4 is 0 Å². The third-order valence-electron chi connectivity index (χ3n) is 2.47. The predicted octanol–water partition coefficient (Wildman–Crippen LogP) is 3.20.